The molecule has 6 heteroatoms. The maximum absolute atomic E-state index is 11.8. The molecule has 1 aromatic heterocycles. The summed E-state index contributed by atoms with van der Waals surface area (Å²) in [6, 6.07) is 11.1. The lowest BCUT2D eigenvalue weighted by molar-refractivity contribution is -0.145. The molecule has 2 rings (SSSR count). The van der Waals surface area contributed by atoms with Crippen molar-refractivity contribution in [3.05, 3.63) is 54.5 Å². The minimum atomic E-state index is -1.08. The topological polar surface area (TPSA) is 75.1 Å². The lowest BCUT2D eigenvalue weighted by atomic mass is 9.87. The fraction of sp³-hybridized carbons (Fsp3) is 0.267. The third kappa shape index (κ3) is 3.59. The van der Waals surface area contributed by atoms with Crippen molar-refractivity contribution in [2.45, 2.75) is 17.0 Å². The number of carboxylic acids is 1. The molecule has 2 N–H and O–H groups in total. The van der Waals surface area contributed by atoms with Gasteiger partial charge in [-0.05, 0) is 25.1 Å². The van der Waals surface area contributed by atoms with Gasteiger partial charge in [-0.1, -0.05) is 30.3 Å². The van der Waals surface area contributed by atoms with Gasteiger partial charge in [-0.2, -0.15) is 0 Å². The molecule has 0 aliphatic rings. The smallest absolute Gasteiger partial charge is 0.328 e. The average Bonchev–Trinajstić information content (AvgIpc) is 2.53. The minimum absolute atomic E-state index is 0.456. The highest BCUT2D eigenvalue weighted by Crippen LogP contribution is 2.28. The van der Waals surface area contributed by atoms with Crippen molar-refractivity contribution in [3.63, 3.8) is 0 Å². The number of carbonyl (C=O) groups is 1. The number of rotatable bonds is 7. The summed E-state index contributed by atoms with van der Waals surface area (Å²) in [6.07, 6.45) is 3.62. The molecule has 2 aromatic rings. The van der Waals surface area contributed by atoms with Gasteiger partial charge < -0.3 is 10.4 Å². The van der Waals surface area contributed by atoms with E-state index < -0.39 is 11.5 Å². The van der Waals surface area contributed by atoms with Gasteiger partial charge in [-0.3, -0.25) is 0 Å². The number of hydrogen-bond acceptors (Lipinski definition) is 5. The molecule has 0 spiro atoms. The summed E-state index contributed by atoms with van der Waals surface area (Å²) in [5, 5.41) is 13.5. The predicted molar refractivity (Wildman–Crippen MR) is 82.2 cm³/mol. The number of nitrogens with one attached hydrogen (secondary N) is 1. The number of nitrogens with zero attached hydrogens (tertiary/aromatic N) is 2. The van der Waals surface area contributed by atoms with Gasteiger partial charge in [0.2, 0.25) is 0 Å². The highest BCUT2D eigenvalue weighted by Gasteiger charge is 2.38. The van der Waals surface area contributed by atoms with E-state index in [9.17, 15) is 9.90 Å². The Morgan fingerprint density at radius 1 is 1.33 bits per heavy atom. The van der Waals surface area contributed by atoms with Crippen molar-refractivity contribution in [1.29, 1.82) is 0 Å². The third-order valence-electron chi connectivity index (χ3n) is 3.34. The van der Waals surface area contributed by atoms with Gasteiger partial charge in [0.15, 0.2) is 0 Å². The number of benzene rings is 1. The summed E-state index contributed by atoms with van der Waals surface area (Å²) in [5.41, 5.74) is -0.329. The van der Waals surface area contributed by atoms with E-state index in [0.29, 0.717) is 12.2 Å². The summed E-state index contributed by atoms with van der Waals surface area (Å²) in [5.74, 6) is -0.238. The van der Waals surface area contributed by atoms with Crippen LogP contribution in [0.25, 0.3) is 0 Å². The number of aliphatic carboxylic acids is 1. The van der Waals surface area contributed by atoms with E-state index in [4.69, 9.17) is 0 Å². The maximum Gasteiger partial charge on any atom is 0.328 e. The molecule has 0 aliphatic carbocycles. The van der Waals surface area contributed by atoms with E-state index in [2.05, 4.69) is 15.3 Å². The van der Waals surface area contributed by atoms with E-state index in [1.54, 1.807) is 13.2 Å². The first kappa shape index (κ1) is 15.5. The fourth-order valence-electron chi connectivity index (χ4n) is 2.15. The molecule has 1 aromatic carbocycles. The number of carboxylic acid groups (broad SMARTS) is 1. The van der Waals surface area contributed by atoms with E-state index in [-0.39, 0.29) is 0 Å². The highest BCUT2D eigenvalue weighted by atomic mass is 32.2. The van der Waals surface area contributed by atoms with E-state index >= 15 is 0 Å². The molecule has 1 unspecified atom stereocenters. The van der Waals surface area contributed by atoms with Gasteiger partial charge in [-0.15, -0.1) is 11.8 Å². The van der Waals surface area contributed by atoms with Gasteiger partial charge in [-0.25, -0.2) is 14.8 Å². The molecule has 0 saturated carbocycles. The van der Waals surface area contributed by atoms with Crippen LogP contribution in [0, 0.1) is 0 Å². The molecule has 1 atom stereocenters. The molecular formula is C15H17N3O2S. The number of hydrogen-bond donors (Lipinski definition) is 2. The van der Waals surface area contributed by atoms with Crippen molar-refractivity contribution in [2.75, 3.05) is 12.8 Å². The van der Waals surface area contributed by atoms with Crippen molar-refractivity contribution < 1.29 is 9.90 Å². The molecule has 0 saturated heterocycles. The highest BCUT2D eigenvalue weighted by molar-refractivity contribution is 7.99. The Morgan fingerprint density at radius 3 is 2.67 bits per heavy atom. The molecule has 110 valence electrons. The summed E-state index contributed by atoms with van der Waals surface area (Å²) in [6.45, 7) is 0. The molecule has 21 heavy (non-hydrogen) atoms. The SMILES string of the molecule is CNC(CCSc1ccncn1)(C(=O)O)c1ccccc1. The number of likely N-dealkylation sites (N-methyl/N-ethyl adjacent to an activating group) is 1. The second kappa shape index (κ2) is 7.19. The fourth-order valence-corrected chi connectivity index (χ4v) is 3.04. The van der Waals surface area contributed by atoms with Crippen LogP contribution in [-0.2, 0) is 10.3 Å². The first-order chi connectivity index (χ1) is 10.2. The summed E-state index contributed by atoms with van der Waals surface area (Å²) >= 11 is 1.52. The van der Waals surface area contributed by atoms with Crippen LogP contribution in [0.2, 0.25) is 0 Å². The Morgan fingerprint density at radius 2 is 2.10 bits per heavy atom. The zero-order valence-corrected chi connectivity index (χ0v) is 12.5. The normalized spacial score (nSPS) is 13.6. The van der Waals surface area contributed by atoms with Crippen LogP contribution in [0.5, 0.6) is 0 Å². The van der Waals surface area contributed by atoms with E-state index in [1.807, 2.05) is 36.4 Å². The average molecular weight is 303 g/mol. The lowest BCUT2D eigenvalue weighted by Crippen LogP contribution is -2.47. The van der Waals surface area contributed by atoms with Crippen LogP contribution in [0.1, 0.15) is 12.0 Å². The Balaban J connectivity index is 2.12. The first-order valence-electron chi connectivity index (χ1n) is 6.55. The lowest BCUT2D eigenvalue weighted by Gasteiger charge is -2.29. The monoisotopic (exact) mass is 303 g/mol. The Labute approximate surface area is 127 Å². The zero-order valence-electron chi connectivity index (χ0n) is 11.7. The molecule has 0 amide bonds. The van der Waals surface area contributed by atoms with Gasteiger partial charge >= 0.3 is 5.97 Å². The Bertz CT molecular complexity index is 580. The largest absolute Gasteiger partial charge is 0.480 e. The summed E-state index contributed by atoms with van der Waals surface area (Å²) in [4.78, 5) is 19.8. The van der Waals surface area contributed by atoms with Gasteiger partial charge in [0.1, 0.15) is 11.9 Å². The van der Waals surface area contributed by atoms with Gasteiger partial charge in [0.25, 0.3) is 0 Å². The van der Waals surface area contributed by atoms with Crippen molar-refractivity contribution in [2.24, 2.45) is 0 Å². The minimum Gasteiger partial charge on any atom is -0.480 e. The Kier molecular flexibility index (Phi) is 5.30. The van der Waals surface area contributed by atoms with E-state index in [0.717, 1.165) is 10.6 Å². The van der Waals surface area contributed by atoms with E-state index in [1.165, 1.54) is 18.1 Å². The molecule has 0 bridgehead atoms. The van der Waals surface area contributed by atoms with Crippen LogP contribution < -0.4 is 5.32 Å². The zero-order chi connectivity index (χ0) is 15.1. The van der Waals surface area contributed by atoms with Crippen molar-refractivity contribution in [1.82, 2.24) is 15.3 Å². The molecular weight excluding hydrogens is 286 g/mol. The van der Waals surface area contributed by atoms with Crippen molar-refractivity contribution >= 4 is 17.7 Å². The van der Waals surface area contributed by atoms with Crippen molar-refractivity contribution in [3.8, 4) is 0 Å². The second-order valence-electron chi connectivity index (χ2n) is 4.47. The first-order valence-corrected chi connectivity index (χ1v) is 7.54. The molecule has 5 nitrogen and oxygen atoms in total. The third-order valence-corrected chi connectivity index (χ3v) is 4.29. The van der Waals surface area contributed by atoms with Gasteiger partial charge in [0.05, 0.1) is 5.03 Å². The second-order valence-corrected chi connectivity index (χ2v) is 5.59. The quantitative estimate of drug-likeness (QED) is 0.603. The molecule has 1 heterocycles. The molecule has 0 aliphatic heterocycles. The van der Waals surface area contributed by atoms with Crippen LogP contribution >= 0.6 is 11.8 Å². The maximum atomic E-state index is 11.8. The van der Waals surface area contributed by atoms with Crippen LogP contribution in [0.3, 0.4) is 0 Å². The van der Waals surface area contributed by atoms with Crippen LogP contribution in [0.4, 0.5) is 0 Å². The Hall–Kier alpha value is -1.92. The molecule has 0 fully saturated rings. The standard InChI is InChI=1S/C15H17N3O2S/c1-16-15(14(19)20,12-5-3-2-4-6-12)8-10-21-13-7-9-17-11-18-13/h2-7,9,11,16H,8,10H2,1H3,(H,19,20). The van der Waals surface area contributed by atoms with Gasteiger partial charge in [0, 0.05) is 11.9 Å². The van der Waals surface area contributed by atoms with Crippen LogP contribution in [0.15, 0.2) is 53.9 Å². The predicted octanol–water partition coefficient (Wildman–Crippen LogP) is 2.16. The summed E-state index contributed by atoms with van der Waals surface area (Å²) < 4.78 is 0. The summed E-state index contributed by atoms with van der Waals surface area (Å²) in [7, 11) is 1.68. The molecule has 0 radical (unpaired) electrons. The number of thioether (sulfide) groups is 1. The number of aromatic nitrogens is 2. The van der Waals surface area contributed by atoms with Crippen LogP contribution in [-0.4, -0.2) is 33.8 Å².